The van der Waals surface area contributed by atoms with Gasteiger partial charge in [-0.25, -0.2) is 0 Å². The highest BCUT2D eigenvalue weighted by Crippen LogP contribution is 2.51. The summed E-state index contributed by atoms with van der Waals surface area (Å²) in [4.78, 5) is 24.3. The Morgan fingerprint density at radius 3 is 2.53 bits per heavy atom. The number of fused-ring (bicyclic) bond motifs is 2. The van der Waals surface area contributed by atoms with Crippen molar-refractivity contribution in [1.29, 1.82) is 0 Å². The van der Waals surface area contributed by atoms with Gasteiger partial charge in [-0.15, -0.1) is 0 Å². The van der Waals surface area contributed by atoms with Crippen molar-refractivity contribution in [1.82, 2.24) is 4.57 Å². The Kier molecular flexibility index (Phi) is 5.30. The monoisotopic (exact) mass is 462 g/mol. The number of aromatic nitrogens is 1. The van der Waals surface area contributed by atoms with E-state index < -0.39 is 11.4 Å². The predicted octanol–water partition coefficient (Wildman–Crippen LogP) is 5.20. The van der Waals surface area contributed by atoms with Crippen LogP contribution in [-0.2, 0) is 27.0 Å². The number of ether oxygens (including phenoxy) is 2. The number of hydrogen-bond acceptors (Lipinski definition) is 4. The molecule has 178 valence electrons. The lowest BCUT2D eigenvalue weighted by Gasteiger charge is -2.22. The number of aryl methyl sites for hydroxylation is 1. The number of nitrogens with zero attached hydrogens (tertiary/aromatic N) is 1. The van der Waals surface area contributed by atoms with Crippen LogP contribution in [-0.4, -0.2) is 28.3 Å². The Morgan fingerprint density at radius 2 is 1.82 bits per heavy atom. The number of carboxylic acid groups (broad SMARTS) is 1. The Morgan fingerprint density at radius 1 is 1.06 bits per heavy atom. The van der Waals surface area contributed by atoms with Crippen LogP contribution in [0.4, 0.5) is 5.69 Å². The van der Waals surface area contributed by atoms with Gasteiger partial charge in [0.25, 0.3) is 0 Å². The number of nitrogens with one attached hydrogen (secondary N) is 1. The fraction of sp³-hybridized carbons (Fsp3) is 0.407. The highest BCUT2D eigenvalue weighted by molar-refractivity contribution is 6.02. The average molecular weight is 463 g/mol. The molecule has 2 aromatic carbocycles. The molecule has 3 aromatic rings. The van der Waals surface area contributed by atoms with E-state index in [1.54, 1.807) is 0 Å². The number of carbonyl (C=O) groups is 2. The maximum absolute atomic E-state index is 13.3. The fourth-order valence-corrected chi connectivity index (χ4v) is 4.82. The maximum Gasteiger partial charge on any atom is 0.303 e. The summed E-state index contributed by atoms with van der Waals surface area (Å²) in [6.07, 6.45) is 2.31. The van der Waals surface area contributed by atoms with Crippen LogP contribution in [0, 0.1) is 0 Å². The van der Waals surface area contributed by atoms with E-state index in [0.29, 0.717) is 24.5 Å². The van der Waals surface area contributed by atoms with E-state index in [9.17, 15) is 9.59 Å². The van der Waals surface area contributed by atoms with Crippen LogP contribution < -0.4 is 14.8 Å². The lowest BCUT2D eigenvalue weighted by molar-refractivity contribution is -0.137. The number of rotatable bonds is 7. The third-order valence-electron chi connectivity index (χ3n) is 6.81. The molecule has 1 fully saturated rings. The molecule has 7 heteroatoms. The van der Waals surface area contributed by atoms with Crippen molar-refractivity contribution in [2.45, 2.75) is 63.8 Å². The predicted molar refractivity (Wildman–Crippen MR) is 130 cm³/mol. The van der Waals surface area contributed by atoms with E-state index in [4.69, 9.17) is 14.6 Å². The van der Waals surface area contributed by atoms with Crippen LogP contribution in [0.25, 0.3) is 10.9 Å². The third-order valence-corrected chi connectivity index (χ3v) is 6.81. The quantitative estimate of drug-likeness (QED) is 0.504. The molecule has 5 rings (SSSR count). The van der Waals surface area contributed by atoms with Crippen LogP contribution >= 0.6 is 0 Å². The van der Waals surface area contributed by atoms with Gasteiger partial charge in [0, 0.05) is 40.7 Å². The number of anilines is 1. The third kappa shape index (κ3) is 4.00. The first-order chi connectivity index (χ1) is 16.2. The van der Waals surface area contributed by atoms with E-state index in [0.717, 1.165) is 40.7 Å². The summed E-state index contributed by atoms with van der Waals surface area (Å²) < 4.78 is 13.1. The van der Waals surface area contributed by atoms with E-state index in [1.807, 2.05) is 36.4 Å². The molecule has 0 radical (unpaired) electrons. The molecule has 0 bridgehead atoms. The van der Waals surface area contributed by atoms with E-state index >= 15 is 0 Å². The van der Waals surface area contributed by atoms with Crippen LogP contribution in [0.15, 0.2) is 42.5 Å². The van der Waals surface area contributed by atoms with Crippen LogP contribution in [0.3, 0.4) is 0 Å². The average Bonchev–Trinajstić information content (AvgIpc) is 3.31. The Labute approximate surface area is 198 Å². The maximum atomic E-state index is 13.3. The molecular weight excluding hydrogens is 432 g/mol. The molecule has 1 aliphatic carbocycles. The number of carboxylic acids is 1. The van der Waals surface area contributed by atoms with Gasteiger partial charge in [-0.2, -0.15) is 0 Å². The summed E-state index contributed by atoms with van der Waals surface area (Å²) in [6, 6.07) is 13.8. The second-order valence-corrected chi connectivity index (χ2v) is 10.3. The molecule has 1 aromatic heterocycles. The first kappa shape index (κ1) is 22.3. The standard InChI is InChI=1S/C27H30N2O5/c1-26(2,3)23-14-17-13-19(7-8-20(17)29(23)12-4-5-24(30)31)28-25(32)27(10-11-27)18-6-9-21-22(15-18)34-16-33-21/h6-9,13-15H,4-5,10-12,16H2,1-3H3,(H,28,32)(H,30,31). The molecule has 34 heavy (non-hydrogen) atoms. The van der Waals surface area contributed by atoms with Crippen molar-refractivity contribution >= 4 is 28.5 Å². The molecule has 2 heterocycles. The van der Waals surface area contributed by atoms with Crippen LogP contribution in [0.2, 0.25) is 0 Å². The largest absolute Gasteiger partial charge is 0.481 e. The van der Waals surface area contributed by atoms with Gasteiger partial charge in [0.15, 0.2) is 11.5 Å². The number of carbonyl (C=O) groups excluding carboxylic acids is 1. The van der Waals surface area contributed by atoms with Crippen molar-refractivity contribution < 1.29 is 24.2 Å². The minimum atomic E-state index is -0.782. The molecular formula is C27H30N2O5. The fourth-order valence-electron chi connectivity index (χ4n) is 4.82. The Balaban J connectivity index is 1.40. The highest BCUT2D eigenvalue weighted by Gasteiger charge is 2.51. The summed E-state index contributed by atoms with van der Waals surface area (Å²) in [5.74, 6) is 0.614. The lowest BCUT2D eigenvalue weighted by atomic mass is 9.92. The molecule has 0 unspecified atom stereocenters. The summed E-state index contributed by atoms with van der Waals surface area (Å²) in [6.45, 7) is 7.31. The molecule has 0 spiro atoms. The zero-order valence-corrected chi connectivity index (χ0v) is 19.8. The first-order valence-corrected chi connectivity index (χ1v) is 11.7. The summed E-state index contributed by atoms with van der Waals surface area (Å²) >= 11 is 0. The minimum absolute atomic E-state index is 0.0114. The smallest absolute Gasteiger partial charge is 0.303 e. The number of hydrogen-bond donors (Lipinski definition) is 2. The van der Waals surface area contributed by atoms with Gasteiger partial charge in [0.1, 0.15) is 0 Å². The lowest BCUT2D eigenvalue weighted by Crippen LogP contribution is -2.27. The van der Waals surface area contributed by atoms with Gasteiger partial charge in [-0.1, -0.05) is 26.8 Å². The topological polar surface area (TPSA) is 89.8 Å². The highest BCUT2D eigenvalue weighted by atomic mass is 16.7. The number of aliphatic carboxylic acids is 1. The number of amides is 1. The van der Waals surface area contributed by atoms with Crippen molar-refractivity contribution in [3.63, 3.8) is 0 Å². The molecule has 1 aliphatic heterocycles. The van der Waals surface area contributed by atoms with Crippen LogP contribution in [0.5, 0.6) is 11.5 Å². The zero-order valence-electron chi connectivity index (χ0n) is 19.8. The molecule has 1 saturated carbocycles. The van der Waals surface area contributed by atoms with E-state index in [1.165, 1.54) is 0 Å². The summed E-state index contributed by atoms with van der Waals surface area (Å²) in [5, 5.41) is 13.2. The van der Waals surface area contributed by atoms with Crippen molar-refractivity contribution in [2.24, 2.45) is 0 Å². The van der Waals surface area contributed by atoms with Gasteiger partial charge < -0.3 is 24.5 Å². The van der Waals surface area contributed by atoms with Gasteiger partial charge in [0.2, 0.25) is 12.7 Å². The van der Waals surface area contributed by atoms with Crippen LogP contribution in [0.1, 0.15) is 57.7 Å². The van der Waals surface area contributed by atoms with Gasteiger partial charge in [-0.05, 0) is 61.2 Å². The second kappa shape index (κ2) is 8.08. The normalized spacial score (nSPS) is 16.0. The van der Waals surface area contributed by atoms with Crippen molar-refractivity contribution in [3.8, 4) is 11.5 Å². The Bertz CT molecular complexity index is 1280. The zero-order chi connectivity index (χ0) is 24.1. The summed E-state index contributed by atoms with van der Waals surface area (Å²) in [5.41, 5.74) is 3.28. The minimum Gasteiger partial charge on any atom is -0.481 e. The van der Waals surface area contributed by atoms with Gasteiger partial charge >= 0.3 is 5.97 Å². The molecule has 0 atom stereocenters. The summed E-state index contributed by atoms with van der Waals surface area (Å²) in [7, 11) is 0. The van der Waals surface area contributed by atoms with E-state index in [-0.39, 0.29) is 24.5 Å². The van der Waals surface area contributed by atoms with Gasteiger partial charge in [-0.3, -0.25) is 9.59 Å². The molecule has 1 amide bonds. The molecule has 2 N–H and O–H groups in total. The first-order valence-electron chi connectivity index (χ1n) is 11.7. The van der Waals surface area contributed by atoms with E-state index in [2.05, 4.69) is 36.7 Å². The van der Waals surface area contributed by atoms with Gasteiger partial charge in [0.05, 0.1) is 5.41 Å². The van der Waals surface area contributed by atoms with Crippen molar-refractivity contribution in [2.75, 3.05) is 12.1 Å². The molecule has 0 saturated heterocycles. The SMILES string of the molecule is CC(C)(C)c1cc2cc(NC(=O)C3(c4ccc5c(c4)OCO5)CC3)ccc2n1CCCC(=O)O. The Hall–Kier alpha value is -3.48. The number of benzene rings is 2. The molecule has 2 aliphatic rings. The molecule has 7 nitrogen and oxygen atoms in total. The second-order valence-electron chi connectivity index (χ2n) is 10.3. The van der Waals surface area contributed by atoms with Crippen molar-refractivity contribution in [3.05, 3.63) is 53.7 Å².